The second kappa shape index (κ2) is 5.26. The van der Waals surface area contributed by atoms with Crippen LogP contribution in [0.2, 0.25) is 0 Å². The monoisotopic (exact) mass is 319 g/mol. The predicted molar refractivity (Wildman–Crippen MR) is 42.3 cm³/mol. The van der Waals surface area contributed by atoms with Crippen LogP contribution in [0, 0.1) is 6.42 Å². The van der Waals surface area contributed by atoms with Crippen LogP contribution in [-0.2, 0) is 25.8 Å². The van der Waals surface area contributed by atoms with E-state index in [1.165, 1.54) is 0 Å². The van der Waals surface area contributed by atoms with Gasteiger partial charge in [-0.1, -0.05) is 0 Å². The summed E-state index contributed by atoms with van der Waals surface area (Å²) in [6, 6.07) is 0. The molecule has 0 unspecified atom stereocenters. The molecule has 0 saturated carbocycles. The maximum atomic E-state index is 5.20. The summed E-state index contributed by atoms with van der Waals surface area (Å²) in [6.45, 7) is 8.10. The molecule has 1 aliphatic rings. The molecule has 0 amide bonds. The topological polar surface area (TPSA) is 9.23 Å². The predicted octanol–water partition coefficient (Wildman–Crippen LogP) is 2.23. The molecular weight excluding hydrogens is 308 g/mol. The first kappa shape index (κ1) is 10.6. The Morgan fingerprint density at radius 3 is 2.82 bits per heavy atom. The zero-order chi connectivity index (χ0) is 7.40. The van der Waals surface area contributed by atoms with Gasteiger partial charge in [-0.3, -0.25) is 0 Å². The van der Waals surface area contributed by atoms with E-state index in [0.717, 1.165) is 24.4 Å². The summed E-state index contributed by atoms with van der Waals surface area (Å²) < 4.78 is 5.20. The summed E-state index contributed by atoms with van der Waals surface area (Å²) in [5.41, 5.74) is 1.06. The molecule has 0 atom stereocenters. The van der Waals surface area contributed by atoms with Gasteiger partial charge in [0.15, 0.2) is 0 Å². The Labute approximate surface area is 82.1 Å². The molecule has 1 nitrogen and oxygen atoms in total. The van der Waals surface area contributed by atoms with E-state index in [1.54, 1.807) is 6.08 Å². The minimum Gasteiger partial charge on any atom is -0.552 e. The molecule has 2 heteroatoms. The van der Waals surface area contributed by atoms with Crippen molar-refractivity contribution in [1.82, 2.24) is 0 Å². The summed E-state index contributed by atoms with van der Waals surface area (Å²) >= 11 is 0. The van der Waals surface area contributed by atoms with Crippen LogP contribution in [0.4, 0.5) is 0 Å². The van der Waals surface area contributed by atoms with Gasteiger partial charge in [-0.2, -0.15) is 18.1 Å². The van der Waals surface area contributed by atoms with Crippen LogP contribution in [0.15, 0.2) is 36.6 Å². The van der Waals surface area contributed by atoms with Gasteiger partial charge >= 0.3 is 0 Å². The first-order valence-electron chi connectivity index (χ1n) is 3.32. The summed E-state index contributed by atoms with van der Waals surface area (Å²) in [5.74, 6) is 0.756. The van der Waals surface area contributed by atoms with Crippen molar-refractivity contribution in [2.24, 2.45) is 0 Å². The summed E-state index contributed by atoms with van der Waals surface area (Å²) in [5, 5.41) is 0. The molecule has 1 fully saturated rings. The number of hydrogen-bond acceptors (Lipinski definition) is 1. The third kappa shape index (κ3) is 2.98. The van der Waals surface area contributed by atoms with Gasteiger partial charge in [0.05, 0.1) is 6.61 Å². The van der Waals surface area contributed by atoms with Gasteiger partial charge in [0.25, 0.3) is 0 Å². The Hall–Kier alpha value is -0.422. The fourth-order valence-corrected chi connectivity index (χ4v) is 0.882. The molecule has 1 heterocycles. The standard InChI is InChI=1S/C9H11O.W/c1-3-5-9-6-4-7-10-8(9)2;/h3,5-6H,1-2,4,7H2;/q-1;/b9-5-;. The molecule has 0 spiro atoms. The van der Waals surface area contributed by atoms with Crippen molar-refractivity contribution in [3.63, 3.8) is 0 Å². The van der Waals surface area contributed by atoms with Crippen LogP contribution in [-0.4, -0.2) is 6.61 Å². The number of ether oxygens (including phenoxy) is 1. The van der Waals surface area contributed by atoms with Crippen molar-refractivity contribution in [3.8, 4) is 0 Å². The van der Waals surface area contributed by atoms with Crippen molar-refractivity contribution >= 4 is 0 Å². The quantitative estimate of drug-likeness (QED) is 0.674. The molecule has 11 heavy (non-hydrogen) atoms. The Kier molecular flexibility index (Phi) is 5.06. The van der Waals surface area contributed by atoms with Crippen LogP contribution < -0.4 is 0 Å². The first-order chi connectivity index (χ1) is 4.84. The van der Waals surface area contributed by atoms with Crippen LogP contribution in [0.25, 0.3) is 0 Å². The maximum Gasteiger partial charge on any atom is 0.0645 e. The van der Waals surface area contributed by atoms with Crippen molar-refractivity contribution < 1.29 is 25.8 Å². The molecule has 0 radical (unpaired) electrons. The molecule has 1 rings (SSSR count). The molecule has 60 valence electrons. The average molecular weight is 319 g/mol. The number of allylic oxidation sites excluding steroid dienone is 3. The summed E-state index contributed by atoms with van der Waals surface area (Å²) in [6.07, 6.45) is 6.72. The van der Waals surface area contributed by atoms with Crippen LogP contribution in [0.3, 0.4) is 0 Å². The smallest absolute Gasteiger partial charge is 0.0645 e. The van der Waals surface area contributed by atoms with Crippen molar-refractivity contribution in [3.05, 3.63) is 43.1 Å². The van der Waals surface area contributed by atoms with E-state index in [4.69, 9.17) is 4.74 Å². The SMILES string of the molecule is C=C/C=C1/[CH-]CCOC1=C.[W]. The van der Waals surface area contributed by atoms with Crippen molar-refractivity contribution in [1.29, 1.82) is 0 Å². The van der Waals surface area contributed by atoms with Crippen LogP contribution >= 0.6 is 0 Å². The molecule has 0 N–H and O–H groups in total. The number of hydrogen-bond donors (Lipinski definition) is 0. The average Bonchev–Trinajstić information content (AvgIpc) is 1.94. The van der Waals surface area contributed by atoms with Gasteiger partial charge in [-0.05, 0) is 6.42 Å². The Bertz CT molecular complexity index is 182. The van der Waals surface area contributed by atoms with E-state index < -0.39 is 0 Å². The van der Waals surface area contributed by atoms with Crippen LogP contribution in [0.1, 0.15) is 6.42 Å². The zero-order valence-corrected chi connectivity index (χ0v) is 9.31. The second-order valence-electron chi connectivity index (χ2n) is 2.12. The normalized spacial score (nSPS) is 19.6. The zero-order valence-electron chi connectivity index (χ0n) is 6.38. The molecule has 1 aliphatic heterocycles. The van der Waals surface area contributed by atoms with Gasteiger partial charge in [-0.15, -0.1) is 19.2 Å². The van der Waals surface area contributed by atoms with Gasteiger partial charge in [0, 0.05) is 26.8 Å². The minimum atomic E-state index is 0. The van der Waals surface area contributed by atoms with Gasteiger partial charge in [0.2, 0.25) is 0 Å². The fraction of sp³-hybridized carbons (Fsp3) is 0.222. The molecule has 0 aromatic rings. The Morgan fingerprint density at radius 1 is 1.55 bits per heavy atom. The molecular formula is C9H11OW-. The van der Waals surface area contributed by atoms with E-state index in [1.807, 2.05) is 6.08 Å². The van der Waals surface area contributed by atoms with E-state index in [9.17, 15) is 0 Å². The number of rotatable bonds is 1. The molecule has 0 aromatic carbocycles. The van der Waals surface area contributed by atoms with E-state index in [-0.39, 0.29) is 21.1 Å². The van der Waals surface area contributed by atoms with E-state index in [2.05, 4.69) is 19.6 Å². The first-order valence-corrected chi connectivity index (χ1v) is 3.32. The Balaban J connectivity index is 0.000001000. The van der Waals surface area contributed by atoms with Crippen molar-refractivity contribution in [2.45, 2.75) is 6.42 Å². The fourth-order valence-electron chi connectivity index (χ4n) is 0.882. The van der Waals surface area contributed by atoms with E-state index in [0.29, 0.717) is 0 Å². The molecule has 1 saturated heterocycles. The largest absolute Gasteiger partial charge is 0.552 e. The van der Waals surface area contributed by atoms with Gasteiger partial charge in [0.1, 0.15) is 0 Å². The van der Waals surface area contributed by atoms with Crippen molar-refractivity contribution in [2.75, 3.05) is 6.61 Å². The molecule has 0 aliphatic carbocycles. The third-order valence-corrected chi connectivity index (χ3v) is 1.38. The molecule has 0 bridgehead atoms. The van der Waals surface area contributed by atoms with Crippen LogP contribution in [0.5, 0.6) is 0 Å². The summed E-state index contributed by atoms with van der Waals surface area (Å²) in [7, 11) is 0. The van der Waals surface area contributed by atoms with Gasteiger partial charge < -0.3 is 4.74 Å². The maximum absolute atomic E-state index is 5.20. The Morgan fingerprint density at radius 2 is 2.27 bits per heavy atom. The second-order valence-corrected chi connectivity index (χ2v) is 2.12. The summed E-state index contributed by atoms with van der Waals surface area (Å²) in [4.78, 5) is 0. The van der Waals surface area contributed by atoms with E-state index >= 15 is 0 Å². The molecule has 0 aromatic heterocycles. The third-order valence-electron chi connectivity index (χ3n) is 1.38. The minimum absolute atomic E-state index is 0. The van der Waals surface area contributed by atoms with Gasteiger partial charge in [-0.25, -0.2) is 0 Å².